The van der Waals surface area contributed by atoms with Crippen LogP contribution in [0.15, 0.2) is 61.1 Å². The first kappa shape index (κ1) is 21.6. The quantitative estimate of drug-likeness (QED) is 0.379. The van der Waals surface area contributed by atoms with Gasteiger partial charge in [0.1, 0.15) is 0 Å². The lowest BCUT2D eigenvalue weighted by atomic mass is 10.1. The summed E-state index contributed by atoms with van der Waals surface area (Å²) in [7, 11) is 1.66. The summed E-state index contributed by atoms with van der Waals surface area (Å²) in [6, 6.07) is 11.3. The third-order valence-electron chi connectivity index (χ3n) is 4.65. The number of para-hydroxylation sites is 1. The first-order valence-electron chi connectivity index (χ1n) is 9.27. The summed E-state index contributed by atoms with van der Waals surface area (Å²) in [6.45, 7) is 0. The molecule has 32 heavy (non-hydrogen) atoms. The average Bonchev–Trinajstić information content (AvgIpc) is 3.19. The molecule has 0 aliphatic rings. The van der Waals surface area contributed by atoms with Crippen LogP contribution in [0.2, 0.25) is 10.0 Å². The fourth-order valence-corrected chi connectivity index (χ4v) is 3.71. The standard InChI is InChI=1S/C21H16Cl2N6O3/c1-28-11-10-25-19(28)21(31)27-29(32)16-8-9-24-18-12(16)4-2-7-15(18)26-20(30)17-13(22)5-3-6-14(17)23/h2-11,32H,1H3,(H,26,30)(H,27,31). The van der Waals surface area contributed by atoms with Crippen LogP contribution >= 0.6 is 23.2 Å². The van der Waals surface area contributed by atoms with Crippen LogP contribution in [0, 0.1) is 0 Å². The van der Waals surface area contributed by atoms with Crippen molar-refractivity contribution >= 4 is 57.3 Å². The minimum absolute atomic E-state index is 0.118. The molecule has 0 atom stereocenters. The van der Waals surface area contributed by atoms with E-state index < -0.39 is 11.8 Å². The van der Waals surface area contributed by atoms with Gasteiger partial charge in [-0.25, -0.2) is 10.4 Å². The van der Waals surface area contributed by atoms with Crippen molar-refractivity contribution in [2.45, 2.75) is 0 Å². The molecule has 0 aliphatic carbocycles. The lowest BCUT2D eigenvalue weighted by molar-refractivity contribution is 0.0866. The van der Waals surface area contributed by atoms with Gasteiger partial charge in [0.05, 0.1) is 32.5 Å². The molecule has 0 saturated heterocycles. The number of hydrogen-bond donors (Lipinski definition) is 3. The molecule has 0 unspecified atom stereocenters. The van der Waals surface area contributed by atoms with E-state index in [-0.39, 0.29) is 27.1 Å². The largest absolute Gasteiger partial charge is 0.330 e. The number of nitrogens with zero attached hydrogens (tertiary/aromatic N) is 4. The third-order valence-corrected chi connectivity index (χ3v) is 5.28. The molecule has 0 aliphatic heterocycles. The average molecular weight is 471 g/mol. The maximum absolute atomic E-state index is 12.8. The number of pyridine rings is 1. The van der Waals surface area contributed by atoms with Gasteiger partial charge in [0.15, 0.2) is 0 Å². The Morgan fingerprint density at radius 2 is 1.72 bits per heavy atom. The van der Waals surface area contributed by atoms with Crippen LogP contribution in [0.4, 0.5) is 11.4 Å². The van der Waals surface area contributed by atoms with E-state index in [0.29, 0.717) is 21.8 Å². The maximum atomic E-state index is 12.8. The molecule has 0 fully saturated rings. The van der Waals surface area contributed by atoms with Crippen LogP contribution in [0.3, 0.4) is 0 Å². The first-order valence-corrected chi connectivity index (χ1v) is 10.0. The van der Waals surface area contributed by atoms with Crippen molar-refractivity contribution in [1.82, 2.24) is 20.0 Å². The molecule has 2 amide bonds. The summed E-state index contributed by atoms with van der Waals surface area (Å²) < 4.78 is 1.52. The highest BCUT2D eigenvalue weighted by Crippen LogP contribution is 2.30. The summed E-state index contributed by atoms with van der Waals surface area (Å²) in [5.41, 5.74) is 3.47. The summed E-state index contributed by atoms with van der Waals surface area (Å²) in [6.07, 6.45) is 4.52. The van der Waals surface area contributed by atoms with Crippen LogP contribution in [0.1, 0.15) is 21.0 Å². The topological polar surface area (TPSA) is 112 Å². The van der Waals surface area contributed by atoms with Gasteiger partial charge in [0.25, 0.3) is 5.91 Å². The first-order chi connectivity index (χ1) is 15.4. The number of halogens is 2. The summed E-state index contributed by atoms with van der Waals surface area (Å²) in [5, 5.41) is 14.7. The molecule has 162 valence electrons. The highest BCUT2D eigenvalue weighted by molar-refractivity contribution is 6.40. The fraction of sp³-hybridized carbons (Fsp3) is 0.0476. The zero-order valence-corrected chi connectivity index (χ0v) is 18.1. The van der Waals surface area contributed by atoms with Gasteiger partial charge in [-0.05, 0) is 24.3 Å². The molecule has 4 aromatic rings. The Labute approximate surface area is 192 Å². The van der Waals surface area contributed by atoms with Crippen molar-refractivity contribution in [2.75, 3.05) is 10.5 Å². The van der Waals surface area contributed by atoms with Crippen molar-refractivity contribution in [3.63, 3.8) is 0 Å². The van der Waals surface area contributed by atoms with E-state index >= 15 is 0 Å². The van der Waals surface area contributed by atoms with Crippen LogP contribution in [-0.2, 0) is 7.05 Å². The van der Waals surface area contributed by atoms with Gasteiger partial charge in [0.2, 0.25) is 5.82 Å². The van der Waals surface area contributed by atoms with Crippen molar-refractivity contribution in [3.05, 3.63) is 82.5 Å². The second kappa shape index (κ2) is 8.83. The lowest BCUT2D eigenvalue weighted by Gasteiger charge is -2.19. The van der Waals surface area contributed by atoms with Gasteiger partial charge in [-0.2, -0.15) is 5.17 Å². The number of carbonyl (C=O) groups excluding carboxylic acids is 2. The molecule has 9 nitrogen and oxygen atoms in total. The molecule has 4 rings (SSSR count). The van der Waals surface area contributed by atoms with E-state index in [1.54, 1.807) is 49.6 Å². The van der Waals surface area contributed by atoms with Gasteiger partial charge < -0.3 is 9.88 Å². The molecular formula is C21H16Cl2N6O3. The summed E-state index contributed by atoms with van der Waals surface area (Å²) in [5.74, 6) is -1.00. The highest BCUT2D eigenvalue weighted by Gasteiger charge is 2.19. The molecule has 0 bridgehead atoms. The number of imidazole rings is 1. The van der Waals surface area contributed by atoms with Crippen LogP contribution in [-0.4, -0.2) is 31.6 Å². The number of hydrazine groups is 1. The zero-order chi connectivity index (χ0) is 22.8. The number of aromatic nitrogens is 3. The number of carbonyl (C=O) groups is 2. The number of rotatable bonds is 5. The number of fused-ring (bicyclic) bond motifs is 1. The second-order valence-corrected chi connectivity index (χ2v) is 7.51. The van der Waals surface area contributed by atoms with E-state index in [0.717, 1.165) is 0 Å². The van der Waals surface area contributed by atoms with E-state index in [2.05, 4.69) is 20.7 Å². The number of hydrogen-bond acceptors (Lipinski definition) is 6. The molecule has 2 aromatic carbocycles. The normalized spacial score (nSPS) is 10.8. The monoisotopic (exact) mass is 470 g/mol. The molecule has 0 saturated carbocycles. The van der Waals surface area contributed by atoms with Crippen LogP contribution in [0.25, 0.3) is 10.9 Å². The fourth-order valence-electron chi connectivity index (χ4n) is 3.14. The van der Waals surface area contributed by atoms with Crippen molar-refractivity contribution in [3.8, 4) is 0 Å². The van der Waals surface area contributed by atoms with Crippen molar-refractivity contribution in [2.24, 2.45) is 7.05 Å². The van der Waals surface area contributed by atoms with Gasteiger partial charge in [-0.15, -0.1) is 0 Å². The Morgan fingerprint density at radius 1 is 1.00 bits per heavy atom. The van der Waals surface area contributed by atoms with Crippen LogP contribution < -0.4 is 15.9 Å². The highest BCUT2D eigenvalue weighted by atomic mass is 35.5. The number of anilines is 2. The third kappa shape index (κ3) is 4.09. The van der Waals surface area contributed by atoms with E-state index in [9.17, 15) is 14.8 Å². The number of nitrogens with one attached hydrogen (secondary N) is 2. The van der Waals surface area contributed by atoms with Gasteiger partial charge in [0, 0.05) is 31.0 Å². The van der Waals surface area contributed by atoms with Crippen molar-refractivity contribution < 1.29 is 14.8 Å². The summed E-state index contributed by atoms with van der Waals surface area (Å²) in [4.78, 5) is 33.4. The minimum atomic E-state index is -0.609. The molecule has 2 aromatic heterocycles. The van der Waals surface area contributed by atoms with Crippen molar-refractivity contribution in [1.29, 1.82) is 0 Å². The Morgan fingerprint density at radius 3 is 2.41 bits per heavy atom. The SMILES string of the molecule is Cn1ccnc1C(=O)NN(O)c1ccnc2c(NC(=O)c3c(Cl)cccc3Cl)cccc12. The minimum Gasteiger partial charge on any atom is -0.330 e. The van der Waals surface area contributed by atoms with Gasteiger partial charge in [-0.3, -0.25) is 19.8 Å². The van der Waals surface area contributed by atoms with Crippen LogP contribution in [0.5, 0.6) is 0 Å². The number of amides is 2. The Bertz CT molecular complexity index is 1320. The maximum Gasteiger partial charge on any atom is 0.307 e. The molecular weight excluding hydrogens is 455 g/mol. The molecule has 0 spiro atoms. The Balaban J connectivity index is 1.65. The summed E-state index contributed by atoms with van der Waals surface area (Å²) >= 11 is 12.3. The van der Waals surface area contributed by atoms with Gasteiger partial charge in [-0.1, -0.05) is 41.4 Å². The molecule has 11 heteroatoms. The Kier molecular flexibility index (Phi) is 5.95. The molecule has 2 heterocycles. The van der Waals surface area contributed by atoms with Gasteiger partial charge >= 0.3 is 5.91 Å². The van der Waals surface area contributed by atoms with E-state index in [1.807, 2.05) is 0 Å². The molecule has 0 radical (unpaired) electrons. The zero-order valence-electron chi connectivity index (χ0n) is 16.6. The second-order valence-electron chi connectivity index (χ2n) is 6.70. The van der Waals surface area contributed by atoms with E-state index in [1.165, 1.54) is 23.0 Å². The Hall–Kier alpha value is -3.66. The lowest BCUT2D eigenvalue weighted by Crippen LogP contribution is -2.41. The predicted octanol–water partition coefficient (Wildman–Crippen LogP) is 4.07. The number of benzene rings is 2. The molecule has 3 N–H and O–H groups in total. The predicted molar refractivity (Wildman–Crippen MR) is 121 cm³/mol. The smallest absolute Gasteiger partial charge is 0.307 e. The number of aryl methyl sites for hydroxylation is 1. The van der Waals surface area contributed by atoms with E-state index in [4.69, 9.17) is 23.2 Å².